The summed E-state index contributed by atoms with van der Waals surface area (Å²) in [6.45, 7) is 1.89. The molecule has 0 aliphatic rings. The van der Waals surface area contributed by atoms with Gasteiger partial charge in [0.05, 0.1) is 6.10 Å². The van der Waals surface area contributed by atoms with Gasteiger partial charge in [-0.05, 0) is 25.1 Å². The number of likely N-dealkylation sites (N-methyl/N-ethyl adjacent to an activating group) is 1. The number of nitrogen functional groups attached to an aromatic ring is 1. The second-order valence-electron chi connectivity index (χ2n) is 3.81. The zero-order chi connectivity index (χ0) is 12.3. The Morgan fingerprint density at radius 3 is 2.69 bits per heavy atom. The summed E-state index contributed by atoms with van der Waals surface area (Å²) in [5.74, 6) is -0.213. The fourth-order valence-corrected chi connectivity index (χ4v) is 1.68. The standard InChI is InChI=1S/C11H15ClN2O2/c1-7(15)6-14(2)11(16)8-3-9(12)5-10(13)4-8/h3-5,7,15H,6,13H2,1-2H3. The van der Waals surface area contributed by atoms with E-state index in [1.807, 2.05) is 0 Å². The lowest BCUT2D eigenvalue weighted by molar-refractivity contribution is 0.0704. The molecule has 1 rings (SSSR count). The van der Waals surface area contributed by atoms with Gasteiger partial charge >= 0.3 is 0 Å². The van der Waals surface area contributed by atoms with Crippen molar-refractivity contribution in [3.05, 3.63) is 28.8 Å². The smallest absolute Gasteiger partial charge is 0.253 e. The molecule has 4 nitrogen and oxygen atoms in total. The fourth-order valence-electron chi connectivity index (χ4n) is 1.44. The van der Waals surface area contributed by atoms with Gasteiger partial charge in [-0.15, -0.1) is 0 Å². The first-order chi connectivity index (χ1) is 7.40. The van der Waals surface area contributed by atoms with E-state index in [4.69, 9.17) is 17.3 Å². The van der Waals surface area contributed by atoms with Crippen molar-refractivity contribution in [1.29, 1.82) is 0 Å². The van der Waals surface area contributed by atoms with Crippen LogP contribution in [0.5, 0.6) is 0 Å². The van der Waals surface area contributed by atoms with Gasteiger partial charge in [0.1, 0.15) is 0 Å². The molecule has 0 radical (unpaired) electrons. The Morgan fingerprint density at radius 2 is 2.19 bits per heavy atom. The van der Waals surface area contributed by atoms with E-state index >= 15 is 0 Å². The Morgan fingerprint density at radius 1 is 1.56 bits per heavy atom. The number of aliphatic hydroxyl groups excluding tert-OH is 1. The number of aliphatic hydroxyl groups is 1. The van der Waals surface area contributed by atoms with Gasteiger partial charge in [0.2, 0.25) is 0 Å². The van der Waals surface area contributed by atoms with Crippen LogP contribution < -0.4 is 5.73 Å². The van der Waals surface area contributed by atoms with Crippen molar-refractivity contribution in [3.63, 3.8) is 0 Å². The third-order valence-corrected chi connectivity index (χ3v) is 2.27. The molecular weight excluding hydrogens is 228 g/mol. The summed E-state index contributed by atoms with van der Waals surface area (Å²) in [5.41, 5.74) is 6.46. The molecule has 0 aromatic heterocycles. The molecule has 1 amide bonds. The predicted molar refractivity (Wildman–Crippen MR) is 64.5 cm³/mol. The topological polar surface area (TPSA) is 66.6 Å². The number of carbonyl (C=O) groups excluding carboxylic acids is 1. The largest absolute Gasteiger partial charge is 0.399 e. The van der Waals surface area contributed by atoms with Crippen molar-refractivity contribution in [2.75, 3.05) is 19.3 Å². The van der Waals surface area contributed by atoms with E-state index in [9.17, 15) is 9.90 Å². The average Bonchev–Trinajstić information content (AvgIpc) is 2.13. The minimum absolute atomic E-state index is 0.213. The lowest BCUT2D eigenvalue weighted by Crippen LogP contribution is -2.33. The first-order valence-corrected chi connectivity index (χ1v) is 5.27. The molecule has 0 aliphatic carbocycles. The van der Waals surface area contributed by atoms with E-state index in [0.717, 1.165) is 0 Å². The molecule has 0 aliphatic heterocycles. The summed E-state index contributed by atoms with van der Waals surface area (Å²) in [6, 6.07) is 4.69. The summed E-state index contributed by atoms with van der Waals surface area (Å²) in [7, 11) is 1.62. The first kappa shape index (κ1) is 12.8. The molecule has 1 aromatic carbocycles. The maximum absolute atomic E-state index is 11.9. The molecule has 16 heavy (non-hydrogen) atoms. The number of benzene rings is 1. The van der Waals surface area contributed by atoms with Crippen molar-refractivity contribution in [2.24, 2.45) is 0 Å². The number of halogens is 1. The van der Waals surface area contributed by atoms with Gasteiger partial charge in [-0.1, -0.05) is 11.6 Å². The van der Waals surface area contributed by atoms with Crippen molar-refractivity contribution < 1.29 is 9.90 Å². The zero-order valence-corrected chi connectivity index (χ0v) is 10.0. The van der Waals surface area contributed by atoms with Gasteiger partial charge in [0, 0.05) is 29.9 Å². The van der Waals surface area contributed by atoms with Crippen molar-refractivity contribution in [1.82, 2.24) is 4.90 Å². The molecule has 1 unspecified atom stereocenters. The van der Waals surface area contributed by atoms with Crippen LogP contribution in [0.2, 0.25) is 5.02 Å². The lowest BCUT2D eigenvalue weighted by atomic mass is 10.1. The SMILES string of the molecule is CC(O)CN(C)C(=O)c1cc(N)cc(Cl)c1. The van der Waals surface area contributed by atoms with E-state index in [1.165, 1.54) is 4.90 Å². The molecule has 0 spiro atoms. The van der Waals surface area contributed by atoms with Crippen LogP contribution in [0.4, 0.5) is 5.69 Å². The van der Waals surface area contributed by atoms with Gasteiger partial charge in [0.15, 0.2) is 0 Å². The van der Waals surface area contributed by atoms with Crippen LogP contribution in [0, 0.1) is 0 Å². The van der Waals surface area contributed by atoms with Crippen LogP contribution in [0.1, 0.15) is 17.3 Å². The molecule has 0 bridgehead atoms. The van der Waals surface area contributed by atoms with E-state index in [2.05, 4.69) is 0 Å². The highest BCUT2D eigenvalue weighted by Gasteiger charge is 2.14. The number of amides is 1. The van der Waals surface area contributed by atoms with Crippen LogP contribution in [0.25, 0.3) is 0 Å². The number of nitrogens with zero attached hydrogens (tertiary/aromatic N) is 1. The fraction of sp³-hybridized carbons (Fsp3) is 0.364. The van der Waals surface area contributed by atoms with Crippen LogP contribution >= 0.6 is 11.6 Å². The lowest BCUT2D eigenvalue weighted by Gasteiger charge is -2.19. The van der Waals surface area contributed by atoms with Crippen molar-refractivity contribution in [2.45, 2.75) is 13.0 Å². The highest BCUT2D eigenvalue weighted by atomic mass is 35.5. The molecule has 0 heterocycles. The Balaban J connectivity index is 2.87. The van der Waals surface area contributed by atoms with E-state index in [-0.39, 0.29) is 12.5 Å². The molecule has 0 saturated carbocycles. The maximum atomic E-state index is 11.9. The summed E-state index contributed by atoms with van der Waals surface area (Å²) in [4.78, 5) is 13.3. The normalized spacial score (nSPS) is 12.2. The molecule has 0 saturated heterocycles. The maximum Gasteiger partial charge on any atom is 0.253 e. The molecule has 0 fully saturated rings. The summed E-state index contributed by atoms with van der Waals surface area (Å²) in [5, 5.41) is 9.61. The Hall–Kier alpha value is -1.26. The van der Waals surface area contributed by atoms with Gasteiger partial charge in [-0.25, -0.2) is 0 Å². The first-order valence-electron chi connectivity index (χ1n) is 4.89. The highest BCUT2D eigenvalue weighted by molar-refractivity contribution is 6.31. The van der Waals surface area contributed by atoms with Crippen LogP contribution in [-0.2, 0) is 0 Å². The Kier molecular flexibility index (Phi) is 4.15. The third kappa shape index (κ3) is 3.40. The minimum atomic E-state index is -0.564. The molecule has 3 N–H and O–H groups in total. The van der Waals surface area contributed by atoms with Gasteiger partial charge < -0.3 is 15.7 Å². The number of hydrogen-bond acceptors (Lipinski definition) is 3. The minimum Gasteiger partial charge on any atom is -0.399 e. The second-order valence-corrected chi connectivity index (χ2v) is 4.24. The number of nitrogens with two attached hydrogens (primary N) is 1. The van der Waals surface area contributed by atoms with Crippen molar-refractivity contribution >= 4 is 23.2 Å². The third-order valence-electron chi connectivity index (χ3n) is 2.05. The van der Waals surface area contributed by atoms with Crippen molar-refractivity contribution in [3.8, 4) is 0 Å². The number of rotatable bonds is 3. The van der Waals surface area contributed by atoms with Gasteiger partial charge in [-0.2, -0.15) is 0 Å². The van der Waals surface area contributed by atoms with E-state index in [0.29, 0.717) is 16.3 Å². The average molecular weight is 243 g/mol. The predicted octanol–water partition coefficient (Wildman–Crippen LogP) is 1.37. The summed E-state index contributed by atoms with van der Waals surface area (Å²) < 4.78 is 0. The summed E-state index contributed by atoms with van der Waals surface area (Å²) in [6.07, 6.45) is -0.564. The quantitative estimate of drug-likeness (QED) is 0.787. The molecule has 88 valence electrons. The Labute approximate surface area is 99.6 Å². The zero-order valence-electron chi connectivity index (χ0n) is 9.27. The van der Waals surface area contributed by atoms with Crippen LogP contribution in [0.3, 0.4) is 0 Å². The number of hydrogen-bond donors (Lipinski definition) is 2. The summed E-state index contributed by atoms with van der Waals surface area (Å²) >= 11 is 5.80. The van der Waals surface area contributed by atoms with Gasteiger partial charge in [-0.3, -0.25) is 4.79 Å². The number of carbonyl (C=O) groups is 1. The highest BCUT2D eigenvalue weighted by Crippen LogP contribution is 2.17. The van der Waals surface area contributed by atoms with Crippen LogP contribution in [0.15, 0.2) is 18.2 Å². The molecule has 1 atom stereocenters. The van der Waals surface area contributed by atoms with Gasteiger partial charge in [0.25, 0.3) is 5.91 Å². The molecular formula is C11H15ClN2O2. The molecule has 5 heteroatoms. The van der Waals surface area contributed by atoms with E-state index < -0.39 is 6.10 Å². The van der Waals surface area contributed by atoms with E-state index in [1.54, 1.807) is 32.2 Å². The number of anilines is 1. The second kappa shape index (κ2) is 5.18. The Bertz CT molecular complexity index is 373. The van der Waals surface area contributed by atoms with Crippen LogP contribution in [-0.4, -0.2) is 35.6 Å². The monoisotopic (exact) mass is 242 g/mol. The molecule has 1 aromatic rings.